The van der Waals surface area contributed by atoms with Crippen molar-refractivity contribution in [3.8, 4) is 11.3 Å². The predicted molar refractivity (Wildman–Crippen MR) is 103 cm³/mol. The van der Waals surface area contributed by atoms with Gasteiger partial charge in [0.25, 0.3) is 0 Å². The third-order valence-electron chi connectivity index (χ3n) is 5.01. The van der Waals surface area contributed by atoms with Gasteiger partial charge in [-0.3, -0.25) is 4.57 Å². The molecule has 5 heteroatoms. The molecule has 1 fully saturated rings. The molecule has 0 N–H and O–H groups in total. The number of likely N-dealkylation sites (N-methyl/N-ethyl adjacent to an activating group) is 1. The predicted octanol–water partition coefficient (Wildman–Crippen LogP) is 3.73. The van der Waals surface area contributed by atoms with Crippen LogP contribution >= 0.6 is 0 Å². The molecule has 0 radical (unpaired) electrons. The Morgan fingerprint density at radius 1 is 1.08 bits per heavy atom. The van der Waals surface area contributed by atoms with Gasteiger partial charge in [0.15, 0.2) is 0 Å². The standard InChI is InChI=1S/C21H22N4O/c1-23(19-12-13-24(14-19)18-10-6-3-7-11-18)21(26)25-15-20(22-16-25)17-8-4-2-5-9-17/h2-11,15-16,19H,12-14H2,1H3. The average Bonchev–Trinajstić information content (AvgIpc) is 3.38. The lowest BCUT2D eigenvalue weighted by atomic mass is 10.2. The molecule has 1 amide bonds. The van der Waals surface area contributed by atoms with Gasteiger partial charge in [0.2, 0.25) is 0 Å². The topological polar surface area (TPSA) is 41.4 Å². The quantitative estimate of drug-likeness (QED) is 0.726. The molecule has 3 aromatic rings. The van der Waals surface area contributed by atoms with Gasteiger partial charge in [0.1, 0.15) is 6.33 Å². The molecule has 2 aromatic carbocycles. The smallest absolute Gasteiger partial charge is 0.329 e. The van der Waals surface area contributed by atoms with Crippen molar-refractivity contribution in [2.24, 2.45) is 0 Å². The first kappa shape index (κ1) is 16.4. The molecule has 1 aliphatic rings. The zero-order chi connectivity index (χ0) is 17.9. The van der Waals surface area contributed by atoms with Crippen LogP contribution in [0.25, 0.3) is 11.3 Å². The number of carbonyl (C=O) groups is 1. The van der Waals surface area contributed by atoms with Gasteiger partial charge in [-0.1, -0.05) is 48.5 Å². The zero-order valence-electron chi connectivity index (χ0n) is 14.8. The number of carbonyl (C=O) groups excluding carboxylic acids is 1. The van der Waals surface area contributed by atoms with Gasteiger partial charge in [-0.2, -0.15) is 0 Å². The van der Waals surface area contributed by atoms with Crippen LogP contribution in [0, 0.1) is 0 Å². The van der Waals surface area contributed by atoms with Crippen molar-refractivity contribution in [2.45, 2.75) is 12.5 Å². The minimum atomic E-state index is -0.0420. The molecule has 1 aliphatic heterocycles. The number of nitrogens with zero attached hydrogens (tertiary/aromatic N) is 4. The number of aromatic nitrogens is 2. The van der Waals surface area contributed by atoms with Gasteiger partial charge in [-0.25, -0.2) is 9.78 Å². The Hall–Kier alpha value is -3.08. The van der Waals surface area contributed by atoms with Crippen molar-refractivity contribution in [2.75, 3.05) is 25.0 Å². The summed E-state index contributed by atoms with van der Waals surface area (Å²) >= 11 is 0. The van der Waals surface area contributed by atoms with Gasteiger partial charge >= 0.3 is 6.03 Å². The highest BCUT2D eigenvalue weighted by Gasteiger charge is 2.29. The molecule has 1 atom stereocenters. The molecule has 0 spiro atoms. The van der Waals surface area contributed by atoms with E-state index in [2.05, 4.69) is 22.0 Å². The SMILES string of the molecule is CN(C(=O)n1cnc(-c2ccccc2)c1)C1CCN(c2ccccc2)C1. The largest absolute Gasteiger partial charge is 0.369 e. The van der Waals surface area contributed by atoms with Gasteiger partial charge in [0.05, 0.1) is 11.7 Å². The molecule has 26 heavy (non-hydrogen) atoms. The van der Waals surface area contributed by atoms with E-state index < -0.39 is 0 Å². The zero-order valence-corrected chi connectivity index (χ0v) is 14.8. The van der Waals surface area contributed by atoms with Crippen LogP contribution in [0.3, 0.4) is 0 Å². The molecule has 0 aliphatic carbocycles. The summed E-state index contributed by atoms with van der Waals surface area (Å²) in [6.45, 7) is 1.82. The van der Waals surface area contributed by atoms with Gasteiger partial charge < -0.3 is 9.80 Å². The Kier molecular flexibility index (Phi) is 4.44. The van der Waals surface area contributed by atoms with Gasteiger partial charge in [0, 0.05) is 37.6 Å². The van der Waals surface area contributed by atoms with Gasteiger partial charge in [-0.05, 0) is 18.6 Å². The summed E-state index contributed by atoms with van der Waals surface area (Å²) in [4.78, 5) is 21.4. The number of rotatable bonds is 3. The summed E-state index contributed by atoms with van der Waals surface area (Å²) in [5.41, 5.74) is 3.03. The van der Waals surface area contributed by atoms with E-state index in [1.54, 1.807) is 17.1 Å². The fourth-order valence-electron chi connectivity index (χ4n) is 3.46. The van der Waals surface area contributed by atoms with Crippen LogP contribution < -0.4 is 4.90 Å². The van der Waals surface area contributed by atoms with Crippen molar-refractivity contribution >= 4 is 11.7 Å². The highest BCUT2D eigenvalue weighted by Crippen LogP contribution is 2.23. The fourth-order valence-corrected chi connectivity index (χ4v) is 3.46. The molecule has 0 saturated carbocycles. The second kappa shape index (κ2) is 7.04. The maximum atomic E-state index is 12.8. The Labute approximate surface area is 153 Å². The number of imidazole rings is 1. The number of anilines is 1. The second-order valence-corrected chi connectivity index (χ2v) is 6.65. The highest BCUT2D eigenvalue weighted by atomic mass is 16.2. The van der Waals surface area contributed by atoms with Crippen LogP contribution in [0.2, 0.25) is 0 Å². The van der Waals surface area contributed by atoms with Crippen LogP contribution in [0.15, 0.2) is 73.2 Å². The molecule has 132 valence electrons. The Morgan fingerprint density at radius 2 is 1.77 bits per heavy atom. The third kappa shape index (κ3) is 3.20. The minimum Gasteiger partial charge on any atom is -0.369 e. The second-order valence-electron chi connectivity index (χ2n) is 6.65. The first-order valence-electron chi connectivity index (χ1n) is 8.89. The van der Waals surface area contributed by atoms with Crippen molar-refractivity contribution < 1.29 is 4.79 Å². The summed E-state index contributed by atoms with van der Waals surface area (Å²) in [7, 11) is 1.88. The highest BCUT2D eigenvalue weighted by molar-refractivity contribution is 5.78. The molecule has 0 bridgehead atoms. The summed E-state index contributed by atoms with van der Waals surface area (Å²) in [6.07, 6.45) is 4.38. The number of hydrogen-bond donors (Lipinski definition) is 0. The van der Waals surface area contributed by atoms with E-state index in [1.807, 2.05) is 60.5 Å². The van der Waals surface area contributed by atoms with Crippen molar-refractivity contribution in [1.29, 1.82) is 0 Å². The number of hydrogen-bond acceptors (Lipinski definition) is 3. The summed E-state index contributed by atoms with van der Waals surface area (Å²) in [5.74, 6) is 0. The first-order chi connectivity index (χ1) is 12.7. The number of amides is 1. The molecule has 1 aromatic heterocycles. The Morgan fingerprint density at radius 3 is 2.50 bits per heavy atom. The van der Waals surface area contributed by atoms with E-state index >= 15 is 0 Å². The fraction of sp³-hybridized carbons (Fsp3) is 0.238. The summed E-state index contributed by atoms with van der Waals surface area (Å²) < 4.78 is 1.58. The summed E-state index contributed by atoms with van der Waals surface area (Å²) in [5, 5.41) is 0. The van der Waals surface area contributed by atoms with E-state index in [4.69, 9.17) is 0 Å². The Balaban J connectivity index is 1.45. The molecule has 1 saturated heterocycles. The minimum absolute atomic E-state index is 0.0420. The average molecular weight is 346 g/mol. The van der Waals surface area contributed by atoms with Crippen LogP contribution in [0.4, 0.5) is 10.5 Å². The van der Waals surface area contributed by atoms with E-state index in [1.165, 1.54) is 5.69 Å². The van der Waals surface area contributed by atoms with Crippen LogP contribution in [0.1, 0.15) is 6.42 Å². The van der Waals surface area contributed by atoms with Gasteiger partial charge in [-0.15, -0.1) is 0 Å². The van der Waals surface area contributed by atoms with Crippen LogP contribution in [0.5, 0.6) is 0 Å². The maximum Gasteiger partial charge on any atom is 0.329 e. The maximum absolute atomic E-state index is 12.8. The molecule has 5 nitrogen and oxygen atoms in total. The van der Waals surface area contributed by atoms with Crippen molar-refractivity contribution in [3.05, 3.63) is 73.2 Å². The van der Waals surface area contributed by atoms with E-state index in [-0.39, 0.29) is 12.1 Å². The third-order valence-corrected chi connectivity index (χ3v) is 5.01. The first-order valence-corrected chi connectivity index (χ1v) is 8.89. The van der Waals surface area contributed by atoms with E-state index in [9.17, 15) is 4.79 Å². The molecule has 1 unspecified atom stereocenters. The number of para-hydroxylation sites is 1. The van der Waals surface area contributed by atoms with Crippen molar-refractivity contribution in [1.82, 2.24) is 14.5 Å². The lowest BCUT2D eigenvalue weighted by Gasteiger charge is -2.25. The lowest BCUT2D eigenvalue weighted by molar-refractivity contribution is 0.196. The molecule has 4 rings (SSSR count). The monoisotopic (exact) mass is 346 g/mol. The van der Waals surface area contributed by atoms with E-state index in [0.29, 0.717) is 0 Å². The van der Waals surface area contributed by atoms with Crippen LogP contribution in [-0.4, -0.2) is 46.7 Å². The van der Waals surface area contributed by atoms with E-state index in [0.717, 1.165) is 30.8 Å². The van der Waals surface area contributed by atoms with Crippen molar-refractivity contribution in [3.63, 3.8) is 0 Å². The van der Waals surface area contributed by atoms with Crippen LogP contribution in [-0.2, 0) is 0 Å². The summed E-state index contributed by atoms with van der Waals surface area (Å²) in [6, 6.07) is 20.4. The Bertz CT molecular complexity index is 875. The lowest BCUT2D eigenvalue weighted by Crippen LogP contribution is -2.41. The molecular weight excluding hydrogens is 324 g/mol. The number of benzene rings is 2. The molecule has 2 heterocycles. The molecular formula is C21H22N4O. The normalized spacial score (nSPS) is 16.7.